The Morgan fingerprint density at radius 3 is 2.59 bits per heavy atom. The molecule has 17 heavy (non-hydrogen) atoms. The van der Waals surface area contributed by atoms with E-state index in [9.17, 15) is 0 Å². The van der Waals surface area contributed by atoms with E-state index in [2.05, 4.69) is 24.1 Å². The number of nitrogens with one attached hydrogen (secondary N) is 1. The molecule has 0 aromatic heterocycles. The van der Waals surface area contributed by atoms with Gasteiger partial charge in [0.05, 0.1) is 13.2 Å². The molecule has 0 bridgehead atoms. The summed E-state index contributed by atoms with van der Waals surface area (Å²) >= 11 is 0. The molecule has 2 rings (SSSR count). The van der Waals surface area contributed by atoms with E-state index in [1.165, 1.54) is 38.9 Å². The summed E-state index contributed by atoms with van der Waals surface area (Å²) in [7, 11) is 0. The first-order valence-corrected chi connectivity index (χ1v) is 7.19. The molecule has 0 aliphatic carbocycles. The Balaban J connectivity index is 1.46. The zero-order valence-corrected chi connectivity index (χ0v) is 11.5. The van der Waals surface area contributed by atoms with E-state index >= 15 is 0 Å². The van der Waals surface area contributed by atoms with Gasteiger partial charge in [-0.05, 0) is 51.4 Å². The summed E-state index contributed by atoms with van der Waals surface area (Å²) in [6.45, 7) is 12.7. The molecule has 2 saturated heterocycles. The molecular formula is C14H28N2O. The predicted molar refractivity (Wildman–Crippen MR) is 71.3 cm³/mol. The Labute approximate surface area is 106 Å². The molecule has 1 N–H and O–H groups in total. The van der Waals surface area contributed by atoms with Crippen LogP contribution in [-0.4, -0.2) is 50.8 Å². The van der Waals surface area contributed by atoms with Crippen LogP contribution in [0, 0.1) is 11.3 Å². The summed E-state index contributed by atoms with van der Waals surface area (Å²) in [4.78, 5) is 2.62. The highest BCUT2D eigenvalue weighted by molar-refractivity contribution is 4.82. The third-order valence-corrected chi connectivity index (χ3v) is 4.16. The van der Waals surface area contributed by atoms with E-state index in [1.54, 1.807) is 0 Å². The van der Waals surface area contributed by atoms with Crippen molar-refractivity contribution in [1.82, 2.24) is 10.2 Å². The summed E-state index contributed by atoms with van der Waals surface area (Å²) in [5, 5.41) is 3.57. The molecule has 0 aromatic rings. The van der Waals surface area contributed by atoms with Crippen molar-refractivity contribution in [1.29, 1.82) is 0 Å². The lowest BCUT2D eigenvalue weighted by molar-refractivity contribution is -0.0989. The van der Waals surface area contributed by atoms with Gasteiger partial charge in [0, 0.05) is 12.0 Å². The van der Waals surface area contributed by atoms with Crippen molar-refractivity contribution in [2.75, 3.05) is 45.9 Å². The van der Waals surface area contributed by atoms with Gasteiger partial charge in [0.25, 0.3) is 0 Å². The van der Waals surface area contributed by atoms with Gasteiger partial charge in [-0.1, -0.05) is 13.8 Å². The van der Waals surface area contributed by atoms with E-state index < -0.39 is 0 Å². The fourth-order valence-electron chi connectivity index (χ4n) is 2.66. The van der Waals surface area contributed by atoms with Crippen molar-refractivity contribution in [3.63, 3.8) is 0 Å². The predicted octanol–water partition coefficient (Wildman–Crippen LogP) is 1.73. The first-order valence-electron chi connectivity index (χ1n) is 7.19. The van der Waals surface area contributed by atoms with Gasteiger partial charge < -0.3 is 15.0 Å². The highest BCUT2D eigenvalue weighted by atomic mass is 16.5. The maximum Gasteiger partial charge on any atom is 0.0554 e. The molecule has 0 radical (unpaired) electrons. The van der Waals surface area contributed by atoms with Crippen LogP contribution in [0.3, 0.4) is 0 Å². The third kappa shape index (κ3) is 4.23. The number of ether oxygens (including phenoxy) is 1. The van der Waals surface area contributed by atoms with Gasteiger partial charge in [-0.25, -0.2) is 0 Å². The molecule has 2 fully saturated rings. The molecule has 0 unspecified atom stereocenters. The summed E-state index contributed by atoms with van der Waals surface area (Å²) in [6, 6.07) is 0. The molecule has 0 atom stereocenters. The topological polar surface area (TPSA) is 24.5 Å². The van der Waals surface area contributed by atoms with Crippen molar-refractivity contribution in [3.8, 4) is 0 Å². The maximum atomic E-state index is 5.25. The van der Waals surface area contributed by atoms with E-state index in [0.29, 0.717) is 5.41 Å². The summed E-state index contributed by atoms with van der Waals surface area (Å²) in [6.07, 6.45) is 4.07. The van der Waals surface area contributed by atoms with E-state index in [1.807, 2.05) is 0 Å². The lowest BCUT2D eigenvalue weighted by atomic mass is 9.89. The summed E-state index contributed by atoms with van der Waals surface area (Å²) < 4.78 is 5.25. The number of likely N-dealkylation sites (tertiary alicyclic amines) is 1. The van der Waals surface area contributed by atoms with Crippen molar-refractivity contribution < 1.29 is 4.74 Å². The second-order valence-corrected chi connectivity index (χ2v) is 6.36. The number of piperidine rings is 1. The first-order chi connectivity index (χ1) is 8.18. The standard InChI is InChI=1S/C14H28N2O/c1-13-4-8-16(9-5-13)7-3-6-15-10-14(2)11-17-12-14/h13,15H,3-12H2,1-2H3. The Hall–Kier alpha value is -0.120. The minimum Gasteiger partial charge on any atom is -0.380 e. The second kappa shape index (κ2) is 6.17. The van der Waals surface area contributed by atoms with Crippen LogP contribution in [-0.2, 0) is 4.74 Å². The molecule has 2 aliphatic heterocycles. The number of hydrogen-bond acceptors (Lipinski definition) is 3. The molecule has 3 nitrogen and oxygen atoms in total. The minimum absolute atomic E-state index is 0.417. The minimum atomic E-state index is 0.417. The largest absolute Gasteiger partial charge is 0.380 e. The van der Waals surface area contributed by atoms with Gasteiger partial charge in [-0.2, -0.15) is 0 Å². The van der Waals surface area contributed by atoms with Crippen LogP contribution >= 0.6 is 0 Å². The molecule has 0 spiro atoms. The fraction of sp³-hybridized carbons (Fsp3) is 1.00. The zero-order valence-electron chi connectivity index (χ0n) is 11.5. The Bertz CT molecular complexity index is 220. The number of rotatable bonds is 6. The molecule has 100 valence electrons. The van der Waals surface area contributed by atoms with Gasteiger partial charge in [0.1, 0.15) is 0 Å². The average Bonchev–Trinajstić information content (AvgIpc) is 2.29. The van der Waals surface area contributed by atoms with Gasteiger partial charge in [-0.3, -0.25) is 0 Å². The van der Waals surface area contributed by atoms with E-state index in [4.69, 9.17) is 4.74 Å². The van der Waals surface area contributed by atoms with Crippen LogP contribution in [0.2, 0.25) is 0 Å². The smallest absolute Gasteiger partial charge is 0.0554 e. The van der Waals surface area contributed by atoms with E-state index in [0.717, 1.165) is 32.2 Å². The average molecular weight is 240 g/mol. The highest BCUT2D eigenvalue weighted by Crippen LogP contribution is 2.24. The van der Waals surface area contributed by atoms with Crippen molar-refractivity contribution in [2.24, 2.45) is 11.3 Å². The monoisotopic (exact) mass is 240 g/mol. The SMILES string of the molecule is CC1CCN(CCCNCC2(C)COC2)CC1. The van der Waals surface area contributed by atoms with Gasteiger partial charge in [-0.15, -0.1) is 0 Å². The molecule has 0 saturated carbocycles. The summed E-state index contributed by atoms with van der Waals surface area (Å²) in [5.41, 5.74) is 0.417. The number of nitrogens with zero attached hydrogens (tertiary/aromatic N) is 1. The molecule has 0 aromatic carbocycles. The fourth-order valence-corrected chi connectivity index (χ4v) is 2.66. The third-order valence-electron chi connectivity index (χ3n) is 4.16. The first kappa shape index (κ1) is 13.3. The summed E-state index contributed by atoms with van der Waals surface area (Å²) in [5.74, 6) is 0.947. The van der Waals surface area contributed by atoms with Crippen LogP contribution in [0.25, 0.3) is 0 Å². The quantitative estimate of drug-likeness (QED) is 0.716. The lowest BCUT2D eigenvalue weighted by Gasteiger charge is -2.38. The van der Waals surface area contributed by atoms with Crippen molar-refractivity contribution >= 4 is 0 Å². The van der Waals surface area contributed by atoms with E-state index in [-0.39, 0.29) is 0 Å². The van der Waals surface area contributed by atoms with Crippen LogP contribution in [0.15, 0.2) is 0 Å². The van der Waals surface area contributed by atoms with Crippen molar-refractivity contribution in [2.45, 2.75) is 33.1 Å². The van der Waals surface area contributed by atoms with Gasteiger partial charge in [0.15, 0.2) is 0 Å². The Kier molecular flexibility index (Phi) is 4.83. The van der Waals surface area contributed by atoms with Crippen LogP contribution < -0.4 is 5.32 Å². The Morgan fingerprint density at radius 1 is 1.29 bits per heavy atom. The normalized spacial score (nSPS) is 25.8. The van der Waals surface area contributed by atoms with Crippen LogP contribution in [0.1, 0.15) is 33.1 Å². The number of hydrogen-bond donors (Lipinski definition) is 1. The molecular weight excluding hydrogens is 212 g/mol. The molecule has 2 aliphatic rings. The zero-order chi connectivity index (χ0) is 12.1. The molecule has 2 heterocycles. The maximum absolute atomic E-state index is 5.25. The lowest BCUT2D eigenvalue weighted by Crippen LogP contribution is -2.47. The van der Waals surface area contributed by atoms with Gasteiger partial charge in [0.2, 0.25) is 0 Å². The van der Waals surface area contributed by atoms with Crippen LogP contribution in [0.5, 0.6) is 0 Å². The molecule has 0 amide bonds. The molecule has 3 heteroatoms. The second-order valence-electron chi connectivity index (χ2n) is 6.36. The van der Waals surface area contributed by atoms with Crippen LogP contribution in [0.4, 0.5) is 0 Å². The van der Waals surface area contributed by atoms with Crippen molar-refractivity contribution in [3.05, 3.63) is 0 Å². The van der Waals surface area contributed by atoms with Gasteiger partial charge >= 0.3 is 0 Å². The Morgan fingerprint density at radius 2 is 2.00 bits per heavy atom. The highest BCUT2D eigenvalue weighted by Gasteiger charge is 2.32.